The van der Waals surface area contributed by atoms with Gasteiger partial charge < -0.3 is 10.1 Å². The van der Waals surface area contributed by atoms with Gasteiger partial charge in [-0.15, -0.1) is 20.4 Å². The molecule has 0 radical (unpaired) electrons. The van der Waals surface area contributed by atoms with Crippen LogP contribution >= 0.6 is 11.3 Å². The summed E-state index contributed by atoms with van der Waals surface area (Å²) in [4.78, 5) is 14.5. The molecule has 3 aromatic rings. The molecule has 1 aliphatic rings. The molecule has 27 heavy (non-hydrogen) atoms. The van der Waals surface area contributed by atoms with Crippen molar-refractivity contribution < 1.29 is 9.53 Å². The number of nitrogens with one attached hydrogen (secondary N) is 1. The molecule has 9 heteroatoms. The Kier molecular flexibility index (Phi) is 5.06. The zero-order valence-corrected chi connectivity index (χ0v) is 16.0. The Labute approximate surface area is 160 Å². The molecular formula is C18H20N6O2S. The van der Waals surface area contributed by atoms with E-state index in [0.717, 1.165) is 33.0 Å². The Morgan fingerprint density at radius 2 is 2.19 bits per heavy atom. The van der Waals surface area contributed by atoms with E-state index in [2.05, 4.69) is 37.5 Å². The normalized spacial score (nSPS) is 17.9. The molecule has 8 nitrogen and oxygen atoms in total. The first kappa shape index (κ1) is 17.9. The van der Waals surface area contributed by atoms with E-state index in [4.69, 9.17) is 4.74 Å². The predicted octanol–water partition coefficient (Wildman–Crippen LogP) is 2.12. The van der Waals surface area contributed by atoms with E-state index >= 15 is 0 Å². The highest BCUT2D eigenvalue weighted by atomic mass is 32.1. The summed E-state index contributed by atoms with van der Waals surface area (Å²) < 4.78 is 5.40. The van der Waals surface area contributed by atoms with E-state index in [0.29, 0.717) is 25.6 Å². The minimum Gasteiger partial charge on any atom is -0.379 e. The van der Waals surface area contributed by atoms with Gasteiger partial charge >= 0.3 is 0 Å². The topological polar surface area (TPSA) is 93.1 Å². The van der Waals surface area contributed by atoms with E-state index in [1.165, 1.54) is 0 Å². The van der Waals surface area contributed by atoms with Gasteiger partial charge in [0.15, 0.2) is 5.82 Å². The largest absolute Gasteiger partial charge is 0.379 e. The van der Waals surface area contributed by atoms with Gasteiger partial charge in [-0.3, -0.25) is 9.69 Å². The lowest BCUT2D eigenvalue weighted by atomic mass is 10.1. The van der Waals surface area contributed by atoms with Crippen LogP contribution in [-0.4, -0.2) is 63.5 Å². The minimum atomic E-state index is -0.103. The fourth-order valence-corrected chi connectivity index (χ4v) is 3.70. The van der Waals surface area contributed by atoms with Crippen molar-refractivity contribution in [1.82, 2.24) is 25.3 Å². The van der Waals surface area contributed by atoms with Crippen LogP contribution in [0.25, 0.3) is 21.5 Å². The van der Waals surface area contributed by atoms with E-state index < -0.39 is 0 Å². The van der Waals surface area contributed by atoms with Crippen molar-refractivity contribution in [2.45, 2.75) is 19.9 Å². The minimum absolute atomic E-state index is 0.103. The maximum Gasteiger partial charge on any atom is 0.239 e. The lowest BCUT2D eigenvalue weighted by molar-refractivity contribution is -0.119. The maximum absolute atomic E-state index is 12.4. The zero-order valence-electron chi connectivity index (χ0n) is 15.2. The van der Waals surface area contributed by atoms with Crippen molar-refractivity contribution in [1.29, 1.82) is 0 Å². The van der Waals surface area contributed by atoms with Crippen LogP contribution in [0.2, 0.25) is 0 Å². The van der Waals surface area contributed by atoms with Crippen molar-refractivity contribution in [2.75, 3.05) is 31.6 Å². The molecule has 1 amide bonds. The highest BCUT2D eigenvalue weighted by Gasteiger charge is 2.21. The molecule has 0 aliphatic carbocycles. The molecule has 0 unspecified atom stereocenters. The van der Waals surface area contributed by atoms with E-state index in [1.807, 2.05) is 31.2 Å². The summed E-state index contributed by atoms with van der Waals surface area (Å²) >= 11 is 1.54. The van der Waals surface area contributed by atoms with Gasteiger partial charge in [0.2, 0.25) is 5.91 Å². The van der Waals surface area contributed by atoms with Crippen LogP contribution in [0.4, 0.5) is 5.82 Å². The van der Waals surface area contributed by atoms with Gasteiger partial charge in [-0.1, -0.05) is 11.3 Å². The van der Waals surface area contributed by atoms with Crippen LogP contribution in [0.1, 0.15) is 11.9 Å². The average Bonchev–Trinajstić information content (AvgIpc) is 3.09. The summed E-state index contributed by atoms with van der Waals surface area (Å²) in [5.41, 5.74) is 1.74. The van der Waals surface area contributed by atoms with Crippen molar-refractivity contribution >= 4 is 34.0 Å². The Morgan fingerprint density at radius 1 is 1.30 bits per heavy atom. The molecule has 4 rings (SSSR count). The van der Waals surface area contributed by atoms with Gasteiger partial charge in [0.25, 0.3) is 0 Å². The number of carbonyl (C=O) groups excluding carboxylic acids is 1. The number of anilines is 1. The number of morpholine rings is 1. The number of benzene rings is 1. The fourth-order valence-electron chi connectivity index (χ4n) is 3.02. The Bertz CT molecular complexity index is 975. The van der Waals surface area contributed by atoms with Gasteiger partial charge in [0.1, 0.15) is 10.0 Å². The lowest BCUT2D eigenvalue weighted by Crippen LogP contribution is -2.47. The van der Waals surface area contributed by atoms with E-state index in [9.17, 15) is 4.79 Å². The van der Waals surface area contributed by atoms with Gasteiger partial charge in [0, 0.05) is 23.5 Å². The first-order valence-electron chi connectivity index (χ1n) is 8.78. The highest BCUT2D eigenvalue weighted by Crippen LogP contribution is 2.26. The highest BCUT2D eigenvalue weighted by molar-refractivity contribution is 7.14. The van der Waals surface area contributed by atoms with Gasteiger partial charge in [-0.2, -0.15) is 0 Å². The second kappa shape index (κ2) is 7.63. The first-order chi connectivity index (χ1) is 13.1. The predicted molar refractivity (Wildman–Crippen MR) is 104 cm³/mol. The number of carbonyl (C=O) groups is 1. The SMILES string of the molecule is Cc1nnc(-c2ccc3nnc(NC(=O)CN4CCOC[C@H]4C)cc3c2)s1. The number of rotatable bonds is 4. The quantitative estimate of drug-likeness (QED) is 0.736. The maximum atomic E-state index is 12.4. The number of aromatic nitrogens is 4. The fraction of sp³-hybridized carbons (Fsp3) is 0.389. The van der Waals surface area contributed by atoms with Crippen LogP contribution in [0.15, 0.2) is 24.3 Å². The number of hydrogen-bond acceptors (Lipinski definition) is 8. The van der Waals surface area contributed by atoms with Crippen molar-refractivity contribution in [3.8, 4) is 10.6 Å². The Morgan fingerprint density at radius 3 is 2.96 bits per heavy atom. The average molecular weight is 384 g/mol. The van der Waals surface area contributed by atoms with Crippen molar-refractivity contribution in [3.63, 3.8) is 0 Å². The Balaban J connectivity index is 1.51. The summed E-state index contributed by atoms with van der Waals surface area (Å²) in [6.07, 6.45) is 0. The Hall–Kier alpha value is -2.49. The van der Waals surface area contributed by atoms with E-state index in [1.54, 1.807) is 11.3 Å². The van der Waals surface area contributed by atoms with Crippen LogP contribution in [0, 0.1) is 6.92 Å². The number of aryl methyl sites for hydroxylation is 1. The summed E-state index contributed by atoms with van der Waals surface area (Å²) in [5, 5.41) is 22.1. The number of amides is 1. The molecule has 1 aromatic carbocycles. The van der Waals surface area contributed by atoms with Crippen molar-refractivity contribution in [2.24, 2.45) is 0 Å². The van der Waals surface area contributed by atoms with E-state index in [-0.39, 0.29) is 11.9 Å². The third-order valence-electron chi connectivity index (χ3n) is 4.48. The third kappa shape index (κ3) is 4.10. The molecule has 0 saturated carbocycles. The molecule has 140 valence electrons. The molecule has 1 atom stereocenters. The number of ether oxygens (including phenoxy) is 1. The standard InChI is InChI=1S/C18H20N6O2S/c1-11-10-26-6-5-24(11)9-17(25)19-16-8-14-7-13(3-4-15(14)21-22-16)18-23-20-12(2)27-18/h3-4,7-8,11H,5-6,9-10H2,1-2H3,(H,19,22,25)/t11-/m1/s1. The second-order valence-electron chi connectivity index (χ2n) is 6.57. The zero-order chi connectivity index (χ0) is 18.8. The lowest BCUT2D eigenvalue weighted by Gasteiger charge is -2.32. The molecule has 1 fully saturated rings. The third-order valence-corrected chi connectivity index (χ3v) is 5.37. The number of fused-ring (bicyclic) bond motifs is 1. The molecule has 3 heterocycles. The molecule has 1 aliphatic heterocycles. The van der Waals surface area contributed by atoms with Gasteiger partial charge in [0.05, 0.1) is 25.3 Å². The van der Waals surface area contributed by atoms with Crippen LogP contribution < -0.4 is 5.32 Å². The van der Waals surface area contributed by atoms with Crippen molar-refractivity contribution in [3.05, 3.63) is 29.3 Å². The summed E-state index contributed by atoms with van der Waals surface area (Å²) in [7, 11) is 0. The molecular weight excluding hydrogens is 364 g/mol. The summed E-state index contributed by atoms with van der Waals surface area (Å²) in [5.74, 6) is 0.340. The number of nitrogens with zero attached hydrogens (tertiary/aromatic N) is 5. The summed E-state index contributed by atoms with van der Waals surface area (Å²) in [6, 6.07) is 7.90. The van der Waals surface area contributed by atoms with Crippen LogP contribution in [0.5, 0.6) is 0 Å². The smallest absolute Gasteiger partial charge is 0.239 e. The molecule has 2 aromatic heterocycles. The number of hydrogen-bond donors (Lipinski definition) is 1. The van der Waals surface area contributed by atoms with Crippen LogP contribution in [-0.2, 0) is 9.53 Å². The second-order valence-corrected chi connectivity index (χ2v) is 7.75. The van der Waals surface area contributed by atoms with Crippen LogP contribution in [0.3, 0.4) is 0 Å². The molecule has 0 spiro atoms. The summed E-state index contributed by atoms with van der Waals surface area (Å²) in [6.45, 7) is 6.35. The van der Waals surface area contributed by atoms with Gasteiger partial charge in [-0.05, 0) is 38.1 Å². The first-order valence-corrected chi connectivity index (χ1v) is 9.60. The molecule has 1 saturated heterocycles. The molecule has 1 N–H and O–H groups in total. The molecule has 0 bridgehead atoms. The monoisotopic (exact) mass is 384 g/mol. The van der Waals surface area contributed by atoms with Gasteiger partial charge in [-0.25, -0.2) is 0 Å².